The van der Waals surface area contributed by atoms with Crippen molar-refractivity contribution in [3.63, 3.8) is 0 Å². The summed E-state index contributed by atoms with van der Waals surface area (Å²) in [5, 5.41) is 3.22. The highest BCUT2D eigenvalue weighted by Crippen LogP contribution is 2.14. The van der Waals surface area contributed by atoms with Crippen molar-refractivity contribution in [1.29, 1.82) is 0 Å². The van der Waals surface area contributed by atoms with Gasteiger partial charge >= 0.3 is 0 Å². The minimum Gasteiger partial charge on any atom is -0.320 e. The van der Waals surface area contributed by atoms with Gasteiger partial charge < -0.3 is 5.32 Å². The zero-order valence-corrected chi connectivity index (χ0v) is 16.6. The lowest BCUT2D eigenvalue weighted by Gasteiger charge is -2.04. The predicted molar refractivity (Wildman–Crippen MR) is 107 cm³/mol. The molecule has 0 saturated heterocycles. The van der Waals surface area contributed by atoms with E-state index in [0.29, 0.717) is 0 Å². The van der Waals surface area contributed by atoms with Crippen molar-refractivity contribution in [2.45, 2.75) is 129 Å². The molecular weight excluding hydrogens is 278 g/mol. The molecule has 0 spiro atoms. The van der Waals surface area contributed by atoms with Crippen LogP contribution in [0.1, 0.15) is 129 Å². The van der Waals surface area contributed by atoms with E-state index in [-0.39, 0.29) is 0 Å². The Labute approximate surface area is 148 Å². The molecule has 0 amide bonds. The molecule has 23 heavy (non-hydrogen) atoms. The largest absolute Gasteiger partial charge is 0.320 e. The van der Waals surface area contributed by atoms with Crippen molar-refractivity contribution >= 4 is 0 Å². The molecule has 0 aromatic heterocycles. The van der Waals surface area contributed by atoms with Crippen molar-refractivity contribution < 1.29 is 0 Å². The Morgan fingerprint density at radius 1 is 0.391 bits per heavy atom. The van der Waals surface area contributed by atoms with Crippen LogP contribution in [0.15, 0.2) is 0 Å². The fraction of sp³-hybridized carbons (Fsp3) is 1.00. The normalized spacial score (nSPS) is 11.2. The summed E-state index contributed by atoms with van der Waals surface area (Å²) >= 11 is 0. The molecule has 140 valence electrons. The number of unbranched alkanes of at least 4 members (excludes halogenated alkanes) is 18. The zero-order valence-electron chi connectivity index (χ0n) is 16.6. The van der Waals surface area contributed by atoms with E-state index in [9.17, 15) is 0 Å². The standard InChI is InChI=1S/C22H47N/c1-3-4-5-6-7-8-9-10-11-12-13-14-15-16-17-18-19-20-21-22-23-2/h23H,3-22H2,1-2H3. The van der Waals surface area contributed by atoms with Gasteiger partial charge in [0.2, 0.25) is 0 Å². The molecule has 0 atom stereocenters. The second kappa shape index (κ2) is 22.0. The minimum absolute atomic E-state index is 1.19. The van der Waals surface area contributed by atoms with Crippen LogP contribution in [-0.2, 0) is 0 Å². The first kappa shape index (κ1) is 23.0. The molecule has 1 nitrogen and oxygen atoms in total. The third-order valence-corrected chi connectivity index (χ3v) is 5.03. The van der Waals surface area contributed by atoms with Crippen LogP contribution in [0.5, 0.6) is 0 Å². The van der Waals surface area contributed by atoms with Gasteiger partial charge in [0.1, 0.15) is 0 Å². The Morgan fingerprint density at radius 2 is 0.652 bits per heavy atom. The summed E-state index contributed by atoms with van der Waals surface area (Å²) in [7, 11) is 2.05. The monoisotopic (exact) mass is 325 g/mol. The van der Waals surface area contributed by atoms with Crippen molar-refractivity contribution in [3.05, 3.63) is 0 Å². The van der Waals surface area contributed by atoms with Gasteiger partial charge in [0.25, 0.3) is 0 Å². The van der Waals surface area contributed by atoms with Crippen LogP contribution in [-0.4, -0.2) is 13.6 Å². The summed E-state index contributed by atoms with van der Waals surface area (Å²) < 4.78 is 0. The maximum Gasteiger partial charge on any atom is -0.00519 e. The lowest BCUT2D eigenvalue weighted by molar-refractivity contribution is 0.522. The topological polar surface area (TPSA) is 12.0 Å². The smallest absolute Gasteiger partial charge is 0.00519 e. The summed E-state index contributed by atoms with van der Waals surface area (Å²) in [6, 6.07) is 0. The molecule has 0 aromatic rings. The number of nitrogens with one attached hydrogen (secondary N) is 1. The molecule has 1 N–H and O–H groups in total. The SMILES string of the molecule is CCCCCCCCCCCCCCCCCCCCCNC. The van der Waals surface area contributed by atoms with Gasteiger partial charge in [-0.3, -0.25) is 0 Å². The molecule has 0 aliphatic rings. The number of hydrogen-bond acceptors (Lipinski definition) is 1. The summed E-state index contributed by atoms with van der Waals surface area (Å²) in [4.78, 5) is 0. The van der Waals surface area contributed by atoms with E-state index in [1.165, 1.54) is 129 Å². The molecule has 0 aromatic carbocycles. The van der Waals surface area contributed by atoms with Crippen molar-refractivity contribution in [2.24, 2.45) is 0 Å². The van der Waals surface area contributed by atoms with E-state index >= 15 is 0 Å². The highest BCUT2D eigenvalue weighted by molar-refractivity contribution is 4.51. The lowest BCUT2D eigenvalue weighted by atomic mass is 10.0. The third-order valence-electron chi connectivity index (χ3n) is 5.03. The maximum atomic E-state index is 3.22. The third kappa shape index (κ3) is 22.0. The molecular formula is C22H47N. The fourth-order valence-electron chi connectivity index (χ4n) is 3.38. The summed E-state index contributed by atoms with van der Waals surface area (Å²) in [5.41, 5.74) is 0. The van der Waals surface area contributed by atoms with Gasteiger partial charge in [-0.2, -0.15) is 0 Å². The molecule has 0 aliphatic carbocycles. The van der Waals surface area contributed by atoms with E-state index in [2.05, 4.69) is 19.3 Å². The van der Waals surface area contributed by atoms with Gasteiger partial charge in [0.05, 0.1) is 0 Å². The highest BCUT2D eigenvalue weighted by atomic mass is 14.8. The second-order valence-electron chi connectivity index (χ2n) is 7.47. The maximum absolute atomic E-state index is 3.22. The summed E-state index contributed by atoms with van der Waals surface area (Å²) in [6.45, 7) is 3.49. The van der Waals surface area contributed by atoms with Crippen LogP contribution in [0.3, 0.4) is 0 Å². The van der Waals surface area contributed by atoms with Crippen molar-refractivity contribution in [2.75, 3.05) is 13.6 Å². The Balaban J connectivity index is 2.92. The Bertz CT molecular complexity index is 170. The van der Waals surface area contributed by atoms with Crippen LogP contribution in [0, 0.1) is 0 Å². The van der Waals surface area contributed by atoms with Gasteiger partial charge in [0.15, 0.2) is 0 Å². The zero-order chi connectivity index (χ0) is 16.8. The van der Waals surface area contributed by atoms with Crippen LogP contribution in [0.2, 0.25) is 0 Å². The minimum atomic E-state index is 1.19. The van der Waals surface area contributed by atoms with E-state index in [1.54, 1.807) is 0 Å². The summed E-state index contributed by atoms with van der Waals surface area (Å²) in [6.07, 6.45) is 27.7. The van der Waals surface area contributed by atoms with Crippen LogP contribution in [0.4, 0.5) is 0 Å². The average molecular weight is 326 g/mol. The molecule has 0 bridgehead atoms. The molecule has 0 rings (SSSR count). The molecule has 1 heteroatoms. The Hall–Kier alpha value is -0.0400. The molecule has 0 radical (unpaired) electrons. The van der Waals surface area contributed by atoms with Gasteiger partial charge in [-0.15, -0.1) is 0 Å². The molecule has 0 unspecified atom stereocenters. The first-order valence-corrected chi connectivity index (χ1v) is 11.1. The fourth-order valence-corrected chi connectivity index (χ4v) is 3.38. The molecule has 0 saturated carbocycles. The van der Waals surface area contributed by atoms with E-state index in [4.69, 9.17) is 0 Å². The lowest BCUT2D eigenvalue weighted by Crippen LogP contribution is -2.06. The molecule has 0 fully saturated rings. The predicted octanol–water partition coefficient (Wildman–Crippen LogP) is 7.64. The summed E-state index contributed by atoms with van der Waals surface area (Å²) in [5.74, 6) is 0. The average Bonchev–Trinajstić information content (AvgIpc) is 2.57. The van der Waals surface area contributed by atoms with E-state index in [0.717, 1.165) is 0 Å². The van der Waals surface area contributed by atoms with Crippen LogP contribution >= 0.6 is 0 Å². The highest BCUT2D eigenvalue weighted by Gasteiger charge is 1.95. The first-order valence-electron chi connectivity index (χ1n) is 11.1. The molecule has 0 heterocycles. The van der Waals surface area contributed by atoms with Gasteiger partial charge in [-0.25, -0.2) is 0 Å². The van der Waals surface area contributed by atoms with Crippen LogP contribution < -0.4 is 5.32 Å². The van der Waals surface area contributed by atoms with Gasteiger partial charge in [0, 0.05) is 0 Å². The van der Waals surface area contributed by atoms with Crippen molar-refractivity contribution in [3.8, 4) is 0 Å². The number of hydrogen-bond donors (Lipinski definition) is 1. The van der Waals surface area contributed by atoms with Gasteiger partial charge in [-0.05, 0) is 20.0 Å². The van der Waals surface area contributed by atoms with E-state index in [1.807, 2.05) is 0 Å². The van der Waals surface area contributed by atoms with Crippen LogP contribution in [0.25, 0.3) is 0 Å². The Morgan fingerprint density at radius 3 is 0.913 bits per heavy atom. The van der Waals surface area contributed by atoms with Crippen molar-refractivity contribution in [1.82, 2.24) is 5.32 Å². The second-order valence-corrected chi connectivity index (χ2v) is 7.47. The van der Waals surface area contributed by atoms with E-state index < -0.39 is 0 Å². The first-order chi connectivity index (χ1) is 11.4. The Kier molecular flexibility index (Phi) is 21.9. The van der Waals surface area contributed by atoms with Gasteiger partial charge in [-0.1, -0.05) is 122 Å². The number of rotatable bonds is 20. The quantitative estimate of drug-likeness (QED) is 0.227. The molecule has 0 aliphatic heterocycles.